The second kappa shape index (κ2) is 15.1. The molecule has 0 aromatic heterocycles. The van der Waals surface area contributed by atoms with E-state index in [-0.39, 0.29) is 35.3 Å². The van der Waals surface area contributed by atoms with Gasteiger partial charge in [0.1, 0.15) is 30.1 Å². The highest BCUT2D eigenvalue weighted by Crippen LogP contribution is 2.64. The second-order valence-corrected chi connectivity index (χ2v) is 16.0. The number of esters is 4. The second-order valence-electron chi connectivity index (χ2n) is 16.0. The van der Waals surface area contributed by atoms with Crippen molar-refractivity contribution in [1.82, 2.24) is 5.32 Å². The van der Waals surface area contributed by atoms with Gasteiger partial charge in [0.05, 0.1) is 29.6 Å². The lowest BCUT2D eigenvalue weighted by molar-refractivity contribution is -0.346. The van der Waals surface area contributed by atoms with E-state index in [1.165, 1.54) is 52.0 Å². The van der Waals surface area contributed by atoms with Crippen LogP contribution in [-0.4, -0.2) is 111 Å². The van der Waals surface area contributed by atoms with Crippen molar-refractivity contribution in [2.45, 2.75) is 108 Å². The summed E-state index contributed by atoms with van der Waals surface area (Å²) >= 11 is 0. The third-order valence-electron chi connectivity index (χ3n) is 12.4. The zero-order chi connectivity index (χ0) is 41.8. The van der Waals surface area contributed by atoms with E-state index in [1.54, 1.807) is 36.4 Å². The van der Waals surface area contributed by atoms with Crippen LogP contribution in [0.3, 0.4) is 0 Å². The first-order valence-corrected chi connectivity index (χ1v) is 18.6. The zero-order valence-corrected chi connectivity index (χ0v) is 32.4. The molecule has 4 aliphatic rings. The minimum Gasteiger partial charge on any atom is -0.456 e. The normalized spacial score (nSPS) is 33.7. The van der Waals surface area contributed by atoms with E-state index in [0.29, 0.717) is 0 Å². The number of nitrogens with two attached hydrogens (primary N) is 1. The Hall–Kier alpha value is -5.00. The molecular weight excluding hydrogens is 744 g/mol. The number of ether oxygens (including phenoxy) is 5. The summed E-state index contributed by atoms with van der Waals surface area (Å²) in [5.74, 6) is -7.06. The number of fused-ring (bicyclic) bond motifs is 5. The minimum absolute atomic E-state index is 0.0217. The summed E-state index contributed by atoms with van der Waals surface area (Å²) in [6.07, 6.45) is -12.3. The quantitative estimate of drug-likeness (QED) is 0.104. The number of amides is 1. The lowest BCUT2D eigenvalue weighted by atomic mass is 9.44. The van der Waals surface area contributed by atoms with Gasteiger partial charge in [0, 0.05) is 37.7 Å². The Bertz CT molecular complexity index is 1990. The van der Waals surface area contributed by atoms with E-state index >= 15 is 4.79 Å². The number of carbonyl (C=O) groups excluding carboxylic acids is 6. The summed E-state index contributed by atoms with van der Waals surface area (Å²) in [7, 11) is 0. The van der Waals surface area contributed by atoms with Crippen molar-refractivity contribution in [3.8, 4) is 0 Å². The molecule has 1 saturated heterocycles. The summed E-state index contributed by atoms with van der Waals surface area (Å²) in [5, 5.41) is 38.8. The molecule has 6 N–H and O–H groups in total. The van der Waals surface area contributed by atoms with Crippen LogP contribution in [0, 0.1) is 16.7 Å². The number of hydrogen-bond donors (Lipinski definition) is 5. The first-order chi connectivity index (χ1) is 26.7. The maximum absolute atomic E-state index is 15.3. The number of aliphatic hydroxyl groups is 3. The van der Waals surface area contributed by atoms with Gasteiger partial charge in [0.2, 0.25) is 0 Å². The largest absolute Gasteiger partial charge is 0.456 e. The monoisotopic (exact) mass is 792 g/mol. The van der Waals surface area contributed by atoms with Gasteiger partial charge >= 0.3 is 23.9 Å². The molecule has 0 unspecified atom stereocenters. The summed E-state index contributed by atoms with van der Waals surface area (Å²) in [6, 6.07) is 15.7. The first-order valence-electron chi connectivity index (χ1n) is 18.6. The summed E-state index contributed by atoms with van der Waals surface area (Å²) < 4.78 is 29.8. The Morgan fingerprint density at radius 2 is 1.51 bits per heavy atom. The molecule has 0 spiro atoms. The number of hydrogen-bond acceptors (Lipinski definition) is 15. The van der Waals surface area contributed by atoms with Crippen LogP contribution in [-0.2, 0) is 42.9 Å². The number of aliphatic hydroxyl groups excluding tert-OH is 2. The molecule has 57 heavy (non-hydrogen) atoms. The topological polar surface area (TPSA) is 247 Å². The molecule has 0 radical (unpaired) electrons. The molecule has 1 amide bonds. The SMILES string of the molecule is CC(=O)O[C@H]1C(=O)[C@@]2(C)[C@H]([C@H](OC(=O)c3ccccc3)[C@]3(O)C[C@H](OC(=O)[C@H](O)[C@H](N)NC(=O)c4ccccc4)C(C)=C1C3(C)C)[C@]1(OC(C)=O)CO[C@@H]1C[C@@H]2O. The highest BCUT2D eigenvalue weighted by Gasteiger charge is 2.78. The van der Waals surface area contributed by atoms with Gasteiger partial charge in [0.15, 0.2) is 23.6 Å². The van der Waals surface area contributed by atoms with E-state index in [0.717, 1.165) is 13.8 Å². The Labute approximate surface area is 328 Å². The third kappa shape index (κ3) is 6.82. The molecular formula is C41H48N2O14. The van der Waals surface area contributed by atoms with Crippen molar-refractivity contribution < 1.29 is 67.8 Å². The van der Waals surface area contributed by atoms with Crippen molar-refractivity contribution in [2.75, 3.05) is 6.61 Å². The van der Waals surface area contributed by atoms with Crippen LogP contribution >= 0.6 is 0 Å². The Morgan fingerprint density at radius 1 is 0.912 bits per heavy atom. The number of rotatable bonds is 9. The predicted octanol–water partition coefficient (Wildman–Crippen LogP) is 1.28. The fraction of sp³-hybridized carbons (Fsp3) is 0.512. The van der Waals surface area contributed by atoms with Crippen molar-refractivity contribution >= 4 is 35.6 Å². The Kier molecular flexibility index (Phi) is 11.0. The number of Topliss-reactive ketones (excluding diaryl/α,β-unsaturated/α-hetero) is 1. The van der Waals surface area contributed by atoms with Crippen LogP contribution in [0.25, 0.3) is 0 Å². The molecule has 2 bridgehead atoms. The van der Waals surface area contributed by atoms with Gasteiger partial charge in [-0.3, -0.25) is 19.2 Å². The summed E-state index contributed by atoms with van der Waals surface area (Å²) in [4.78, 5) is 81.6. The molecule has 6 rings (SSSR count). The molecule has 2 aromatic carbocycles. The number of benzene rings is 2. The van der Waals surface area contributed by atoms with Crippen LogP contribution in [0.2, 0.25) is 0 Å². The van der Waals surface area contributed by atoms with Crippen molar-refractivity contribution in [1.29, 1.82) is 0 Å². The van der Waals surface area contributed by atoms with Crippen molar-refractivity contribution in [2.24, 2.45) is 22.5 Å². The smallest absolute Gasteiger partial charge is 0.339 e. The van der Waals surface area contributed by atoms with Crippen molar-refractivity contribution in [3.63, 3.8) is 0 Å². The number of ketones is 1. The van der Waals surface area contributed by atoms with Gasteiger partial charge in [-0.25, -0.2) is 9.59 Å². The lowest BCUT2D eigenvalue weighted by Gasteiger charge is -2.67. The van der Waals surface area contributed by atoms with Gasteiger partial charge in [-0.05, 0) is 49.3 Å². The highest BCUT2D eigenvalue weighted by molar-refractivity contribution is 5.96. The molecule has 1 aliphatic heterocycles. The zero-order valence-electron chi connectivity index (χ0n) is 32.4. The first kappa shape index (κ1) is 41.6. The molecule has 2 saturated carbocycles. The molecule has 3 fully saturated rings. The maximum Gasteiger partial charge on any atom is 0.339 e. The van der Waals surface area contributed by atoms with E-state index in [1.807, 2.05) is 0 Å². The van der Waals surface area contributed by atoms with E-state index in [2.05, 4.69) is 5.32 Å². The Morgan fingerprint density at radius 3 is 2.05 bits per heavy atom. The average molecular weight is 793 g/mol. The number of nitrogens with one attached hydrogen (secondary N) is 1. The summed E-state index contributed by atoms with van der Waals surface area (Å²) in [6.45, 7) is 7.84. The minimum atomic E-state index is -2.39. The van der Waals surface area contributed by atoms with Crippen LogP contribution in [0.5, 0.6) is 0 Å². The van der Waals surface area contributed by atoms with Crippen LogP contribution in [0.15, 0.2) is 71.8 Å². The van der Waals surface area contributed by atoms with Gasteiger partial charge < -0.3 is 50.1 Å². The van der Waals surface area contributed by atoms with Crippen LogP contribution in [0.4, 0.5) is 0 Å². The van der Waals surface area contributed by atoms with E-state index in [4.69, 9.17) is 29.4 Å². The molecule has 11 atom stereocenters. The molecule has 2 aromatic rings. The molecule has 16 nitrogen and oxygen atoms in total. The van der Waals surface area contributed by atoms with Gasteiger partial charge in [-0.15, -0.1) is 0 Å². The van der Waals surface area contributed by atoms with Gasteiger partial charge in [-0.1, -0.05) is 50.2 Å². The van der Waals surface area contributed by atoms with Crippen molar-refractivity contribution in [3.05, 3.63) is 82.9 Å². The highest BCUT2D eigenvalue weighted by atomic mass is 16.6. The third-order valence-corrected chi connectivity index (χ3v) is 12.4. The lowest BCUT2D eigenvalue weighted by Crippen LogP contribution is -2.82. The fourth-order valence-electron chi connectivity index (χ4n) is 9.28. The predicted molar refractivity (Wildman–Crippen MR) is 196 cm³/mol. The van der Waals surface area contributed by atoms with Crippen LogP contribution < -0.4 is 11.1 Å². The van der Waals surface area contributed by atoms with E-state index < -0.39 is 113 Å². The average Bonchev–Trinajstić information content (AvgIpc) is 3.15. The molecule has 306 valence electrons. The van der Waals surface area contributed by atoms with Crippen LogP contribution in [0.1, 0.15) is 75.1 Å². The Balaban J connectivity index is 1.51. The molecule has 3 aliphatic carbocycles. The summed E-state index contributed by atoms with van der Waals surface area (Å²) in [5.41, 5.74) is -1.44. The number of carbonyl (C=O) groups is 6. The van der Waals surface area contributed by atoms with Gasteiger partial charge in [0.25, 0.3) is 5.91 Å². The maximum atomic E-state index is 15.3. The standard InChI is InChI=1S/C41H48N2O14/c1-20-25(55-37(51)29(47)34(42)43-35(49)23-13-9-7-10-14-23)18-41(52)33(56-36(50)24-15-11-8-12-16-24)31-39(6,26(46)17-27-40(31,19-53-27)57-22(3)45)32(48)30(54-21(2)44)28(20)38(41,4)5/h7-16,25-27,29-31,33-34,46-47,52H,17-19,42H2,1-6H3,(H,43,49)/t25-,26-,27+,29+,30+,31-,33-,34+,39+,40-,41+/m0/s1. The molecule has 16 heteroatoms. The van der Waals surface area contributed by atoms with E-state index in [9.17, 15) is 39.3 Å². The molecule has 1 heterocycles. The fourth-order valence-corrected chi connectivity index (χ4v) is 9.28. The van der Waals surface area contributed by atoms with Gasteiger partial charge in [-0.2, -0.15) is 0 Å².